The number of para-hydroxylation sites is 2. The predicted molar refractivity (Wildman–Crippen MR) is 77.9 cm³/mol. The number of hydrogen-bond donors (Lipinski definition) is 2. The lowest BCUT2D eigenvalue weighted by Gasteiger charge is -2.25. The maximum Gasteiger partial charge on any atom is 0.173 e. The number of aromatic amines is 1. The van der Waals surface area contributed by atoms with Gasteiger partial charge < -0.3 is 15.0 Å². The van der Waals surface area contributed by atoms with Gasteiger partial charge in [0.05, 0.1) is 30.3 Å². The Morgan fingerprint density at radius 3 is 2.95 bits per heavy atom. The highest BCUT2D eigenvalue weighted by atomic mass is 16.5. The average Bonchev–Trinajstić information content (AvgIpc) is 3.05. The van der Waals surface area contributed by atoms with Crippen molar-refractivity contribution < 1.29 is 4.74 Å². The molecular formula is C15H13N5O. The number of nitrogens with one attached hydrogen (secondary N) is 2. The molecule has 0 saturated heterocycles. The molecule has 21 heavy (non-hydrogen) atoms. The van der Waals surface area contributed by atoms with Gasteiger partial charge in [0.15, 0.2) is 6.10 Å². The molecule has 1 aromatic carbocycles. The predicted octanol–water partition coefficient (Wildman–Crippen LogP) is 2.41. The largest absolute Gasteiger partial charge is 0.478 e. The van der Waals surface area contributed by atoms with Crippen LogP contribution >= 0.6 is 0 Å². The zero-order valence-corrected chi connectivity index (χ0v) is 11.2. The summed E-state index contributed by atoms with van der Waals surface area (Å²) in [6.45, 7) is 0.671. The molecule has 6 nitrogen and oxygen atoms in total. The zero-order chi connectivity index (χ0) is 14.1. The molecule has 0 saturated carbocycles. The summed E-state index contributed by atoms with van der Waals surface area (Å²) in [7, 11) is 0. The number of nitrogens with zero attached hydrogens (tertiary/aromatic N) is 3. The van der Waals surface area contributed by atoms with E-state index in [0.717, 1.165) is 28.6 Å². The normalized spacial score (nSPS) is 16.7. The minimum Gasteiger partial charge on any atom is -0.478 e. The Kier molecular flexibility index (Phi) is 2.77. The second-order valence-electron chi connectivity index (χ2n) is 4.76. The van der Waals surface area contributed by atoms with Gasteiger partial charge in [-0.2, -0.15) is 0 Å². The van der Waals surface area contributed by atoms with Crippen molar-refractivity contribution in [1.29, 1.82) is 0 Å². The molecule has 3 aromatic rings. The molecular weight excluding hydrogens is 266 g/mol. The van der Waals surface area contributed by atoms with Crippen molar-refractivity contribution in [3.8, 4) is 17.1 Å². The Labute approximate surface area is 121 Å². The number of rotatable bonds is 2. The van der Waals surface area contributed by atoms with E-state index in [4.69, 9.17) is 4.74 Å². The Balaban J connectivity index is 1.60. The second kappa shape index (κ2) is 4.90. The SMILES string of the molecule is c1ccc2c(c1)NCC(c1ncc(-c3cnccn3)[nH]1)O2. The molecule has 0 bridgehead atoms. The number of H-pyrrole nitrogens is 1. The molecule has 1 aliphatic rings. The third-order valence-electron chi connectivity index (χ3n) is 3.37. The van der Waals surface area contributed by atoms with Crippen LogP contribution in [-0.2, 0) is 0 Å². The van der Waals surface area contributed by atoms with E-state index in [9.17, 15) is 0 Å². The highest BCUT2D eigenvalue weighted by molar-refractivity contribution is 5.58. The average molecular weight is 279 g/mol. The molecule has 0 amide bonds. The van der Waals surface area contributed by atoms with Crippen LogP contribution in [0.25, 0.3) is 11.4 Å². The molecule has 2 aromatic heterocycles. The van der Waals surface area contributed by atoms with Crippen molar-refractivity contribution in [2.45, 2.75) is 6.10 Å². The van der Waals surface area contributed by atoms with Crippen molar-refractivity contribution in [3.63, 3.8) is 0 Å². The molecule has 1 aliphatic heterocycles. The summed E-state index contributed by atoms with van der Waals surface area (Å²) in [6.07, 6.45) is 6.61. The fourth-order valence-corrected chi connectivity index (χ4v) is 2.33. The number of anilines is 1. The molecule has 104 valence electrons. The standard InChI is InChI=1S/C15H13N5O/c1-2-4-13-10(3-1)18-9-14(21-13)15-19-8-12(20-15)11-7-16-5-6-17-11/h1-8,14,18H,9H2,(H,19,20). The Hall–Kier alpha value is -2.89. The van der Waals surface area contributed by atoms with E-state index in [0.29, 0.717) is 6.54 Å². The highest BCUT2D eigenvalue weighted by Crippen LogP contribution is 2.33. The van der Waals surface area contributed by atoms with Gasteiger partial charge in [-0.15, -0.1) is 0 Å². The second-order valence-corrected chi connectivity index (χ2v) is 4.76. The lowest BCUT2D eigenvalue weighted by atomic mass is 10.2. The smallest absolute Gasteiger partial charge is 0.173 e. The zero-order valence-electron chi connectivity index (χ0n) is 11.2. The van der Waals surface area contributed by atoms with Crippen molar-refractivity contribution in [2.24, 2.45) is 0 Å². The molecule has 0 spiro atoms. The maximum absolute atomic E-state index is 5.97. The number of imidazole rings is 1. The summed E-state index contributed by atoms with van der Waals surface area (Å²) in [6, 6.07) is 7.88. The van der Waals surface area contributed by atoms with Gasteiger partial charge in [0.2, 0.25) is 0 Å². The van der Waals surface area contributed by atoms with Crippen LogP contribution in [0.15, 0.2) is 49.1 Å². The minimum absolute atomic E-state index is 0.148. The summed E-state index contributed by atoms with van der Waals surface area (Å²) in [5.74, 6) is 1.61. The molecule has 1 atom stereocenters. The molecule has 1 unspecified atom stereocenters. The van der Waals surface area contributed by atoms with Crippen LogP contribution in [0.1, 0.15) is 11.9 Å². The summed E-state index contributed by atoms with van der Waals surface area (Å²) in [5.41, 5.74) is 2.61. The quantitative estimate of drug-likeness (QED) is 0.753. The number of ether oxygens (including phenoxy) is 1. The minimum atomic E-state index is -0.148. The van der Waals surface area contributed by atoms with Crippen LogP contribution in [0.4, 0.5) is 5.69 Å². The molecule has 2 N–H and O–H groups in total. The summed E-state index contributed by atoms with van der Waals surface area (Å²) >= 11 is 0. The van der Waals surface area contributed by atoms with E-state index in [1.807, 2.05) is 24.3 Å². The molecule has 4 rings (SSSR count). The first-order chi connectivity index (χ1) is 10.4. The number of aromatic nitrogens is 4. The van der Waals surface area contributed by atoms with Crippen LogP contribution in [0, 0.1) is 0 Å². The lowest BCUT2D eigenvalue weighted by molar-refractivity contribution is 0.201. The van der Waals surface area contributed by atoms with Crippen LogP contribution in [-0.4, -0.2) is 26.5 Å². The molecule has 3 heterocycles. The Morgan fingerprint density at radius 1 is 1.10 bits per heavy atom. The van der Waals surface area contributed by atoms with E-state index in [1.54, 1.807) is 24.8 Å². The van der Waals surface area contributed by atoms with Gasteiger partial charge in [-0.25, -0.2) is 4.98 Å². The number of fused-ring (bicyclic) bond motifs is 1. The van der Waals surface area contributed by atoms with Crippen molar-refractivity contribution >= 4 is 5.69 Å². The van der Waals surface area contributed by atoms with Crippen molar-refractivity contribution in [3.05, 3.63) is 54.9 Å². The number of benzene rings is 1. The summed E-state index contributed by atoms with van der Waals surface area (Å²) in [4.78, 5) is 16.0. The van der Waals surface area contributed by atoms with Crippen molar-refractivity contribution in [2.75, 3.05) is 11.9 Å². The van der Waals surface area contributed by atoms with E-state index in [2.05, 4.69) is 25.3 Å². The monoisotopic (exact) mass is 279 g/mol. The topological polar surface area (TPSA) is 75.7 Å². The Bertz CT molecular complexity index is 756. The first-order valence-electron chi connectivity index (χ1n) is 6.71. The fraction of sp³-hybridized carbons (Fsp3) is 0.133. The van der Waals surface area contributed by atoms with Gasteiger partial charge in [0.1, 0.15) is 17.3 Å². The van der Waals surface area contributed by atoms with E-state index < -0.39 is 0 Å². The van der Waals surface area contributed by atoms with Crippen LogP contribution < -0.4 is 10.1 Å². The van der Waals surface area contributed by atoms with Gasteiger partial charge in [-0.05, 0) is 12.1 Å². The van der Waals surface area contributed by atoms with Gasteiger partial charge in [-0.1, -0.05) is 12.1 Å². The lowest BCUT2D eigenvalue weighted by Crippen LogP contribution is -2.24. The van der Waals surface area contributed by atoms with Gasteiger partial charge >= 0.3 is 0 Å². The van der Waals surface area contributed by atoms with Gasteiger partial charge in [0, 0.05) is 12.4 Å². The summed E-state index contributed by atoms with van der Waals surface area (Å²) < 4.78 is 5.97. The molecule has 0 radical (unpaired) electrons. The van der Waals surface area contributed by atoms with E-state index >= 15 is 0 Å². The van der Waals surface area contributed by atoms with Crippen LogP contribution in [0.2, 0.25) is 0 Å². The number of hydrogen-bond acceptors (Lipinski definition) is 5. The van der Waals surface area contributed by atoms with Crippen LogP contribution in [0.5, 0.6) is 5.75 Å². The Morgan fingerprint density at radius 2 is 2.05 bits per heavy atom. The van der Waals surface area contributed by atoms with Gasteiger partial charge in [0.25, 0.3) is 0 Å². The first kappa shape index (κ1) is 11.9. The van der Waals surface area contributed by atoms with Crippen LogP contribution in [0.3, 0.4) is 0 Å². The third-order valence-corrected chi connectivity index (χ3v) is 3.37. The van der Waals surface area contributed by atoms with E-state index in [-0.39, 0.29) is 6.10 Å². The van der Waals surface area contributed by atoms with E-state index in [1.165, 1.54) is 0 Å². The highest BCUT2D eigenvalue weighted by Gasteiger charge is 2.23. The third kappa shape index (κ3) is 2.20. The maximum atomic E-state index is 5.97. The molecule has 6 heteroatoms. The molecule has 0 fully saturated rings. The first-order valence-corrected chi connectivity index (χ1v) is 6.71. The van der Waals surface area contributed by atoms with Gasteiger partial charge in [-0.3, -0.25) is 9.97 Å². The summed E-state index contributed by atoms with van der Waals surface area (Å²) in [5, 5.41) is 3.35. The molecule has 0 aliphatic carbocycles. The fourth-order valence-electron chi connectivity index (χ4n) is 2.33. The van der Waals surface area contributed by atoms with Crippen molar-refractivity contribution in [1.82, 2.24) is 19.9 Å².